The normalized spacial score (nSPS) is 11.1. The van der Waals surface area contributed by atoms with Gasteiger partial charge in [-0.2, -0.15) is 0 Å². The van der Waals surface area contributed by atoms with E-state index in [0.29, 0.717) is 5.82 Å². The van der Waals surface area contributed by atoms with Crippen molar-refractivity contribution in [1.29, 1.82) is 0 Å². The molecule has 0 bridgehead atoms. The fourth-order valence-electron chi connectivity index (χ4n) is 1.68. The van der Waals surface area contributed by atoms with Gasteiger partial charge in [-0.3, -0.25) is 0 Å². The molecule has 0 saturated heterocycles. The SMILES string of the molecule is CC(C)c1nc(-c2cc(F)cc(F)c2)nc(N)c1I. The third kappa shape index (κ3) is 2.99. The monoisotopic (exact) mass is 375 g/mol. The van der Waals surface area contributed by atoms with Crippen LogP contribution >= 0.6 is 22.6 Å². The summed E-state index contributed by atoms with van der Waals surface area (Å²) in [6, 6.07) is 3.19. The van der Waals surface area contributed by atoms with Crippen molar-refractivity contribution in [2.24, 2.45) is 0 Å². The Morgan fingerprint density at radius 3 is 2.21 bits per heavy atom. The fourth-order valence-corrected chi connectivity index (χ4v) is 2.54. The molecular weight excluding hydrogens is 363 g/mol. The molecular formula is C13H12F2IN3. The second kappa shape index (κ2) is 5.36. The van der Waals surface area contributed by atoms with E-state index in [9.17, 15) is 8.78 Å². The minimum Gasteiger partial charge on any atom is -0.383 e. The number of anilines is 1. The molecule has 0 aliphatic heterocycles. The first kappa shape index (κ1) is 14.1. The van der Waals surface area contributed by atoms with Gasteiger partial charge in [0.15, 0.2) is 5.82 Å². The number of benzene rings is 1. The van der Waals surface area contributed by atoms with Crippen LogP contribution in [-0.4, -0.2) is 9.97 Å². The molecule has 2 rings (SSSR count). The van der Waals surface area contributed by atoms with Crippen LogP contribution in [0.5, 0.6) is 0 Å². The van der Waals surface area contributed by atoms with Crippen LogP contribution in [0.3, 0.4) is 0 Å². The van der Waals surface area contributed by atoms with Crippen LogP contribution in [0.1, 0.15) is 25.5 Å². The zero-order chi connectivity index (χ0) is 14.2. The average Bonchev–Trinajstić information content (AvgIpc) is 2.30. The minimum atomic E-state index is -0.665. The van der Waals surface area contributed by atoms with Crippen molar-refractivity contribution in [3.05, 3.63) is 39.1 Å². The van der Waals surface area contributed by atoms with E-state index >= 15 is 0 Å². The summed E-state index contributed by atoms with van der Waals surface area (Å²) >= 11 is 2.07. The number of halogens is 3. The Labute approximate surface area is 123 Å². The van der Waals surface area contributed by atoms with Gasteiger partial charge in [-0.05, 0) is 40.6 Å². The molecule has 3 nitrogen and oxygen atoms in total. The Morgan fingerprint density at radius 2 is 1.68 bits per heavy atom. The molecule has 0 fully saturated rings. The third-order valence-electron chi connectivity index (χ3n) is 2.57. The lowest BCUT2D eigenvalue weighted by Gasteiger charge is -2.11. The van der Waals surface area contributed by atoms with Crippen molar-refractivity contribution in [2.75, 3.05) is 5.73 Å². The summed E-state index contributed by atoms with van der Waals surface area (Å²) < 4.78 is 27.2. The lowest BCUT2D eigenvalue weighted by Crippen LogP contribution is -2.06. The largest absolute Gasteiger partial charge is 0.383 e. The highest BCUT2D eigenvalue weighted by Crippen LogP contribution is 2.27. The summed E-state index contributed by atoms with van der Waals surface area (Å²) in [5.74, 6) is -0.628. The van der Waals surface area contributed by atoms with E-state index < -0.39 is 11.6 Å². The van der Waals surface area contributed by atoms with E-state index in [4.69, 9.17) is 5.73 Å². The number of aromatic nitrogens is 2. The van der Waals surface area contributed by atoms with E-state index in [2.05, 4.69) is 32.6 Å². The van der Waals surface area contributed by atoms with Crippen molar-refractivity contribution < 1.29 is 8.78 Å². The maximum absolute atomic E-state index is 13.2. The first-order chi connectivity index (χ1) is 8.88. The molecule has 6 heteroatoms. The van der Waals surface area contributed by atoms with Crippen LogP contribution < -0.4 is 5.73 Å². The quantitative estimate of drug-likeness (QED) is 0.814. The number of nitrogens with two attached hydrogens (primary N) is 1. The van der Waals surface area contributed by atoms with Crippen molar-refractivity contribution in [1.82, 2.24) is 9.97 Å². The molecule has 0 aliphatic rings. The van der Waals surface area contributed by atoms with E-state index in [1.165, 1.54) is 12.1 Å². The van der Waals surface area contributed by atoms with Gasteiger partial charge in [-0.1, -0.05) is 13.8 Å². The molecule has 2 N–H and O–H groups in total. The third-order valence-corrected chi connectivity index (χ3v) is 3.68. The standard InChI is InChI=1S/C13H12F2IN3/c1-6(2)11-10(16)12(17)19-13(18-11)7-3-8(14)5-9(15)4-7/h3-6H,1-2H3,(H2,17,18,19). The van der Waals surface area contributed by atoms with E-state index in [1.54, 1.807) is 0 Å². The Kier molecular flexibility index (Phi) is 3.98. The predicted molar refractivity (Wildman–Crippen MR) is 78.6 cm³/mol. The van der Waals surface area contributed by atoms with Crippen LogP contribution in [0.2, 0.25) is 0 Å². The zero-order valence-corrected chi connectivity index (χ0v) is 12.6. The molecule has 100 valence electrons. The molecule has 0 radical (unpaired) electrons. The summed E-state index contributed by atoms with van der Waals surface area (Å²) in [4.78, 5) is 8.45. The van der Waals surface area contributed by atoms with Crippen molar-refractivity contribution in [3.8, 4) is 11.4 Å². The summed E-state index contributed by atoms with van der Waals surface area (Å²) in [7, 11) is 0. The average molecular weight is 375 g/mol. The van der Waals surface area contributed by atoms with Gasteiger partial charge >= 0.3 is 0 Å². The number of rotatable bonds is 2. The smallest absolute Gasteiger partial charge is 0.162 e. The Hall–Kier alpha value is -1.31. The number of nitrogens with zero attached hydrogens (tertiary/aromatic N) is 2. The van der Waals surface area contributed by atoms with Crippen LogP contribution in [0.25, 0.3) is 11.4 Å². The van der Waals surface area contributed by atoms with Gasteiger partial charge in [0.2, 0.25) is 0 Å². The number of nitrogen functional groups attached to an aromatic ring is 1. The van der Waals surface area contributed by atoms with Gasteiger partial charge in [0.25, 0.3) is 0 Å². The van der Waals surface area contributed by atoms with Crippen LogP contribution in [0.4, 0.5) is 14.6 Å². The summed E-state index contributed by atoms with van der Waals surface area (Å²) in [5, 5.41) is 0. The molecule has 1 heterocycles. The van der Waals surface area contributed by atoms with Gasteiger partial charge < -0.3 is 5.73 Å². The number of hydrogen-bond donors (Lipinski definition) is 1. The second-order valence-corrected chi connectivity index (χ2v) is 5.52. The maximum atomic E-state index is 13.2. The molecule has 19 heavy (non-hydrogen) atoms. The van der Waals surface area contributed by atoms with Crippen LogP contribution in [-0.2, 0) is 0 Å². The molecule has 0 saturated carbocycles. The molecule has 1 aromatic carbocycles. The lowest BCUT2D eigenvalue weighted by atomic mass is 10.1. The second-order valence-electron chi connectivity index (χ2n) is 4.44. The Morgan fingerprint density at radius 1 is 1.11 bits per heavy atom. The van der Waals surface area contributed by atoms with Gasteiger partial charge in [0, 0.05) is 11.6 Å². The maximum Gasteiger partial charge on any atom is 0.162 e. The molecule has 2 aromatic rings. The Balaban J connectivity index is 2.62. The molecule has 1 aromatic heterocycles. The minimum absolute atomic E-state index is 0.148. The van der Waals surface area contributed by atoms with Gasteiger partial charge in [-0.25, -0.2) is 18.7 Å². The van der Waals surface area contributed by atoms with E-state index in [-0.39, 0.29) is 17.3 Å². The van der Waals surface area contributed by atoms with E-state index in [0.717, 1.165) is 15.3 Å². The molecule has 0 amide bonds. The number of hydrogen-bond acceptors (Lipinski definition) is 3. The first-order valence-electron chi connectivity index (χ1n) is 5.68. The van der Waals surface area contributed by atoms with Gasteiger partial charge in [0.1, 0.15) is 17.5 Å². The zero-order valence-electron chi connectivity index (χ0n) is 10.4. The molecule has 0 spiro atoms. The van der Waals surface area contributed by atoms with Crippen LogP contribution in [0.15, 0.2) is 18.2 Å². The van der Waals surface area contributed by atoms with Crippen LogP contribution in [0, 0.1) is 15.2 Å². The lowest BCUT2D eigenvalue weighted by molar-refractivity contribution is 0.584. The van der Waals surface area contributed by atoms with Gasteiger partial charge in [-0.15, -0.1) is 0 Å². The summed E-state index contributed by atoms with van der Waals surface area (Å²) in [6.07, 6.45) is 0. The van der Waals surface area contributed by atoms with E-state index in [1.807, 2.05) is 13.8 Å². The predicted octanol–water partition coefficient (Wildman–Crippen LogP) is 3.73. The fraction of sp³-hybridized carbons (Fsp3) is 0.231. The first-order valence-corrected chi connectivity index (χ1v) is 6.75. The molecule has 0 atom stereocenters. The molecule has 0 unspecified atom stereocenters. The summed E-state index contributed by atoms with van der Waals surface area (Å²) in [5.41, 5.74) is 6.88. The molecule has 0 aliphatic carbocycles. The van der Waals surface area contributed by atoms with Crippen molar-refractivity contribution in [2.45, 2.75) is 19.8 Å². The Bertz CT molecular complexity index is 609. The highest BCUT2D eigenvalue weighted by molar-refractivity contribution is 14.1. The topological polar surface area (TPSA) is 51.8 Å². The summed E-state index contributed by atoms with van der Waals surface area (Å²) in [6.45, 7) is 3.94. The highest BCUT2D eigenvalue weighted by Gasteiger charge is 2.15. The van der Waals surface area contributed by atoms with Gasteiger partial charge in [0.05, 0.1) is 9.26 Å². The van der Waals surface area contributed by atoms with Crippen molar-refractivity contribution >= 4 is 28.4 Å². The van der Waals surface area contributed by atoms with Crippen molar-refractivity contribution in [3.63, 3.8) is 0 Å². The highest BCUT2D eigenvalue weighted by atomic mass is 127.